The molecule has 0 bridgehead atoms. The van der Waals surface area contributed by atoms with E-state index in [1.165, 1.54) is 7.11 Å². The van der Waals surface area contributed by atoms with Crippen LogP contribution >= 0.6 is 11.8 Å². The summed E-state index contributed by atoms with van der Waals surface area (Å²) in [7, 11) is 1.38. The van der Waals surface area contributed by atoms with Gasteiger partial charge in [-0.2, -0.15) is 0 Å². The Morgan fingerprint density at radius 2 is 2.06 bits per heavy atom. The zero-order chi connectivity index (χ0) is 12.8. The molecule has 4 nitrogen and oxygen atoms in total. The number of hydrogen-bond acceptors (Lipinski definition) is 5. The van der Waals surface area contributed by atoms with Gasteiger partial charge in [-0.25, -0.2) is 9.78 Å². The van der Waals surface area contributed by atoms with Gasteiger partial charge in [0.05, 0.1) is 18.9 Å². The maximum Gasteiger partial charge on any atom is 0.337 e. The molecule has 1 heterocycles. The molecule has 18 heavy (non-hydrogen) atoms. The molecule has 0 atom stereocenters. The van der Waals surface area contributed by atoms with Crippen molar-refractivity contribution < 1.29 is 9.53 Å². The summed E-state index contributed by atoms with van der Waals surface area (Å²) in [5.74, 6) is 0.475. The lowest BCUT2D eigenvalue weighted by Gasteiger charge is -2.02. The number of ether oxygens (including phenoxy) is 1. The van der Waals surface area contributed by atoms with Crippen molar-refractivity contribution in [3.63, 3.8) is 0 Å². The molecular formula is C13H12N2O2S. The number of esters is 1. The average Bonchev–Trinajstić information content (AvgIpc) is 2.46. The molecule has 0 spiro atoms. The van der Waals surface area contributed by atoms with Crippen molar-refractivity contribution in [2.75, 3.05) is 7.11 Å². The van der Waals surface area contributed by atoms with Crippen LogP contribution in [0, 0.1) is 0 Å². The molecule has 0 saturated heterocycles. The number of benzene rings is 1. The summed E-state index contributed by atoms with van der Waals surface area (Å²) >= 11 is 1.60. The van der Waals surface area contributed by atoms with Gasteiger partial charge in [-0.15, -0.1) is 11.8 Å². The molecule has 92 valence electrons. The van der Waals surface area contributed by atoms with Crippen molar-refractivity contribution >= 4 is 17.7 Å². The van der Waals surface area contributed by atoms with Gasteiger partial charge < -0.3 is 4.74 Å². The largest absolute Gasteiger partial charge is 0.465 e. The van der Waals surface area contributed by atoms with Gasteiger partial charge in [0.2, 0.25) is 0 Å². The lowest BCUT2D eigenvalue weighted by Crippen LogP contribution is -2.00. The minimum Gasteiger partial charge on any atom is -0.465 e. The van der Waals surface area contributed by atoms with Crippen molar-refractivity contribution in [1.29, 1.82) is 0 Å². The van der Waals surface area contributed by atoms with Crippen LogP contribution in [-0.4, -0.2) is 23.0 Å². The van der Waals surface area contributed by atoms with Crippen LogP contribution in [0.3, 0.4) is 0 Å². The van der Waals surface area contributed by atoms with E-state index in [9.17, 15) is 4.79 Å². The highest BCUT2D eigenvalue weighted by Crippen LogP contribution is 2.19. The van der Waals surface area contributed by atoms with E-state index in [0.29, 0.717) is 5.56 Å². The number of aromatic nitrogens is 2. The minimum atomic E-state index is -0.317. The Kier molecular flexibility index (Phi) is 4.30. The smallest absolute Gasteiger partial charge is 0.337 e. The van der Waals surface area contributed by atoms with Crippen LogP contribution in [0.25, 0.3) is 0 Å². The van der Waals surface area contributed by atoms with E-state index in [0.717, 1.165) is 16.3 Å². The molecule has 1 aromatic heterocycles. The molecule has 1 aromatic carbocycles. The Labute approximate surface area is 109 Å². The number of thioether (sulfide) groups is 1. The predicted octanol–water partition coefficient (Wildman–Crippen LogP) is 2.56. The summed E-state index contributed by atoms with van der Waals surface area (Å²) in [6, 6.07) is 7.35. The Morgan fingerprint density at radius 1 is 1.28 bits per heavy atom. The Bertz CT molecular complexity index is 514. The fraction of sp³-hybridized carbons (Fsp3) is 0.154. The molecule has 0 aliphatic heterocycles. The fourth-order valence-electron chi connectivity index (χ4n) is 1.37. The van der Waals surface area contributed by atoms with Gasteiger partial charge in [0.15, 0.2) is 0 Å². The van der Waals surface area contributed by atoms with Crippen molar-refractivity contribution in [3.05, 3.63) is 54.0 Å². The second-order valence-electron chi connectivity index (χ2n) is 3.52. The summed E-state index contributed by atoms with van der Waals surface area (Å²) < 4.78 is 4.64. The maximum absolute atomic E-state index is 11.3. The number of hydrogen-bond donors (Lipinski definition) is 0. The molecule has 0 aliphatic carbocycles. The van der Waals surface area contributed by atoms with Crippen molar-refractivity contribution in [2.24, 2.45) is 0 Å². The van der Waals surface area contributed by atoms with E-state index >= 15 is 0 Å². The summed E-state index contributed by atoms with van der Waals surface area (Å²) in [5.41, 5.74) is 1.68. The molecule has 5 heteroatoms. The van der Waals surface area contributed by atoms with E-state index in [1.807, 2.05) is 12.1 Å². The first kappa shape index (κ1) is 12.6. The second-order valence-corrected chi connectivity index (χ2v) is 4.52. The number of rotatable bonds is 4. The molecule has 2 aromatic rings. The summed E-state index contributed by atoms with van der Waals surface area (Å²) in [5, 5.41) is 0.884. The number of nitrogens with zero attached hydrogens (tertiary/aromatic N) is 2. The molecule has 0 amide bonds. The van der Waals surface area contributed by atoms with Gasteiger partial charge in [0, 0.05) is 18.1 Å². The zero-order valence-corrected chi connectivity index (χ0v) is 10.7. The quantitative estimate of drug-likeness (QED) is 0.624. The minimum absolute atomic E-state index is 0.317. The topological polar surface area (TPSA) is 52.1 Å². The first-order chi connectivity index (χ1) is 8.79. The maximum atomic E-state index is 11.3. The summed E-state index contributed by atoms with van der Waals surface area (Å²) in [4.78, 5) is 19.4. The third-order valence-corrected chi connectivity index (χ3v) is 3.29. The summed E-state index contributed by atoms with van der Waals surface area (Å²) in [6.07, 6.45) is 5.05. The lowest BCUT2D eigenvalue weighted by molar-refractivity contribution is 0.0600. The van der Waals surface area contributed by atoms with Crippen LogP contribution < -0.4 is 0 Å². The van der Waals surface area contributed by atoms with Gasteiger partial charge >= 0.3 is 5.97 Å². The van der Waals surface area contributed by atoms with E-state index in [-0.39, 0.29) is 5.97 Å². The Morgan fingerprint density at radius 3 is 2.67 bits per heavy atom. The van der Waals surface area contributed by atoms with Crippen LogP contribution in [0.15, 0.2) is 47.9 Å². The fourth-order valence-corrected chi connectivity index (χ4v) is 2.15. The first-order valence-electron chi connectivity index (χ1n) is 5.35. The predicted molar refractivity (Wildman–Crippen MR) is 69.4 cm³/mol. The number of carbonyl (C=O) groups excluding carboxylic acids is 1. The number of methoxy groups -OCH3 is 1. The first-order valence-corrected chi connectivity index (χ1v) is 6.34. The van der Waals surface area contributed by atoms with Crippen molar-refractivity contribution in [1.82, 2.24) is 9.97 Å². The van der Waals surface area contributed by atoms with E-state index in [1.54, 1.807) is 42.5 Å². The molecule has 0 fully saturated rings. The highest BCUT2D eigenvalue weighted by atomic mass is 32.2. The SMILES string of the molecule is COC(=O)c1ccc(CSc2cnccn2)cc1. The van der Waals surface area contributed by atoms with Gasteiger partial charge in [0.25, 0.3) is 0 Å². The van der Waals surface area contributed by atoms with Crippen LogP contribution in [0.5, 0.6) is 0 Å². The molecule has 0 radical (unpaired) electrons. The molecule has 2 rings (SSSR count). The Hall–Kier alpha value is -1.88. The molecule has 0 saturated carbocycles. The normalized spacial score (nSPS) is 10.1. The standard InChI is InChI=1S/C13H12N2O2S/c1-17-13(16)11-4-2-10(3-5-11)9-18-12-8-14-6-7-15-12/h2-8H,9H2,1H3. The van der Waals surface area contributed by atoms with Gasteiger partial charge in [-0.3, -0.25) is 4.98 Å². The van der Waals surface area contributed by atoms with Gasteiger partial charge in [-0.05, 0) is 17.7 Å². The van der Waals surface area contributed by atoms with E-state index in [2.05, 4.69) is 14.7 Å². The monoisotopic (exact) mass is 260 g/mol. The lowest BCUT2D eigenvalue weighted by atomic mass is 10.1. The van der Waals surface area contributed by atoms with Crippen LogP contribution in [0.2, 0.25) is 0 Å². The Balaban J connectivity index is 1.97. The molecule has 0 unspecified atom stereocenters. The summed E-state index contributed by atoms with van der Waals surface area (Å²) in [6.45, 7) is 0. The van der Waals surface area contributed by atoms with E-state index in [4.69, 9.17) is 0 Å². The van der Waals surface area contributed by atoms with Crippen LogP contribution in [0.4, 0.5) is 0 Å². The number of carbonyl (C=O) groups is 1. The third kappa shape index (κ3) is 3.30. The highest BCUT2D eigenvalue weighted by molar-refractivity contribution is 7.98. The van der Waals surface area contributed by atoms with Crippen molar-refractivity contribution in [2.45, 2.75) is 10.8 Å². The van der Waals surface area contributed by atoms with Crippen molar-refractivity contribution in [3.8, 4) is 0 Å². The van der Waals surface area contributed by atoms with Crippen LogP contribution in [-0.2, 0) is 10.5 Å². The zero-order valence-electron chi connectivity index (χ0n) is 9.87. The van der Waals surface area contributed by atoms with Gasteiger partial charge in [0.1, 0.15) is 5.03 Å². The molecule has 0 N–H and O–H groups in total. The molecular weight excluding hydrogens is 248 g/mol. The highest BCUT2D eigenvalue weighted by Gasteiger charge is 2.04. The van der Waals surface area contributed by atoms with Gasteiger partial charge in [-0.1, -0.05) is 12.1 Å². The third-order valence-electron chi connectivity index (χ3n) is 2.30. The molecule has 0 aliphatic rings. The van der Waals surface area contributed by atoms with Crippen LogP contribution in [0.1, 0.15) is 15.9 Å². The second kappa shape index (κ2) is 6.16. The average molecular weight is 260 g/mol. The van der Waals surface area contributed by atoms with E-state index < -0.39 is 0 Å².